The van der Waals surface area contributed by atoms with Crippen LogP contribution in [0.3, 0.4) is 0 Å². The Bertz CT molecular complexity index is 1230. The lowest BCUT2D eigenvalue weighted by Gasteiger charge is -2.29. The standard InChI is InChI=1S/C26H30F2N6O2/c1-4-26(2,3)19-7-5-18(14-22(19)30-16-35)31-24-21(28)15-29-25(33-24)32-17-6-8-23(20(27)13-17)34-9-11-36-12-10-34/h5-8,13-16H,4,9-12H2,1-3H3,(H,30,35)(H2,29,31,32,33). The van der Waals surface area contributed by atoms with Gasteiger partial charge in [-0.25, -0.2) is 13.8 Å². The molecule has 3 N–H and O–H groups in total. The van der Waals surface area contributed by atoms with Gasteiger partial charge in [0.05, 0.1) is 25.1 Å². The highest BCUT2D eigenvalue weighted by Crippen LogP contribution is 2.35. The molecule has 36 heavy (non-hydrogen) atoms. The summed E-state index contributed by atoms with van der Waals surface area (Å²) in [6.07, 6.45) is 2.53. The third kappa shape index (κ3) is 5.71. The normalized spacial score (nSPS) is 13.9. The second-order valence-corrected chi connectivity index (χ2v) is 9.17. The minimum absolute atomic E-state index is 0.0579. The van der Waals surface area contributed by atoms with E-state index < -0.39 is 5.82 Å². The maximum absolute atomic E-state index is 14.7. The molecule has 1 fully saturated rings. The van der Waals surface area contributed by atoms with E-state index in [1.807, 2.05) is 11.0 Å². The van der Waals surface area contributed by atoms with E-state index in [9.17, 15) is 13.6 Å². The summed E-state index contributed by atoms with van der Waals surface area (Å²) in [4.78, 5) is 21.3. The van der Waals surface area contributed by atoms with Crippen molar-refractivity contribution in [3.05, 3.63) is 59.8 Å². The van der Waals surface area contributed by atoms with E-state index in [-0.39, 0.29) is 23.0 Å². The van der Waals surface area contributed by atoms with Crippen LogP contribution in [-0.4, -0.2) is 42.7 Å². The van der Waals surface area contributed by atoms with Crippen LogP contribution < -0.4 is 20.9 Å². The number of amides is 1. The molecular formula is C26H30F2N6O2. The van der Waals surface area contributed by atoms with Crippen molar-refractivity contribution in [3.63, 3.8) is 0 Å². The highest BCUT2D eigenvalue weighted by atomic mass is 19.1. The van der Waals surface area contributed by atoms with Gasteiger partial charge in [-0.2, -0.15) is 4.98 Å². The molecule has 0 atom stereocenters. The third-order valence-corrected chi connectivity index (χ3v) is 6.41. The van der Waals surface area contributed by atoms with Crippen LogP contribution in [0.1, 0.15) is 32.8 Å². The van der Waals surface area contributed by atoms with Gasteiger partial charge in [0.2, 0.25) is 12.4 Å². The molecular weight excluding hydrogens is 466 g/mol. The molecule has 1 aliphatic heterocycles. The highest BCUT2D eigenvalue weighted by Gasteiger charge is 2.22. The fraction of sp³-hybridized carbons (Fsp3) is 0.346. The SMILES string of the molecule is CCC(C)(C)c1ccc(Nc2nc(Nc3ccc(N4CCOCC4)c(F)c3)ncc2F)cc1NC=O. The monoisotopic (exact) mass is 496 g/mol. The van der Waals surface area contributed by atoms with Gasteiger partial charge in [-0.15, -0.1) is 0 Å². The highest BCUT2D eigenvalue weighted by molar-refractivity contribution is 5.78. The molecule has 2 heterocycles. The molecule has 0 aliphatic carbocycles. The van der Waals surface area contributed by atoms with E-state index in [2.05, 4.69) is 46.7 Å². The Kier molecular flexibility index (Phi) is 7.64. The number of hydrogen-bond donors (Lipinski definition) is 3. The average Bonchev–Trinajstić information content (AvgIpc) is 2.87. The number of aromatic nitrogens is 2. The smallest absolute Gasteiger partial charge is 0.229 e. The van der Waals surface area contributed by atoms with E-state index in [0.717, 1.165) is 18.2 Å². The van der Waals surface area contributed by atoms with Gasteiger partial charge in [0.25, 0.3) is 0 Å². The van der Waals surface area contributed by atoms with Crippen molar-refractivity contribution in [3.8, 4) is 0 Å². The summed E-state index contributed by atoms with van der Waals surface area (Å²) in [5.74, 6) is -0.991. The van der Waals surface area contributed by atoms with Gasteiger partial charge in [-0.05, 0) is 47.7 Å². The third-order valence-electron chi connectivity index (χ3n) is 6.41. The number of ether oxygens (including phenoxy) is 1. The Hall–Kier alpha value is -3.79. The number of carbonyl (C=O) groups excluding carboxylic acids is 1. The summed E-state index contributed by atoms with van der Waals surface area (Å²) in [7, 11) is 0. The molecule has 1 amide bonds. The van der Waals surface area contributed by atoms with Crippen LogP contribution in [0.4, 0.5) is 43.3 Å². The molecule has 1 aromatic heterocycles. The Morgan fingerprint density at radius 3 is 2.47 bits per heavy atom. The van der Waals surface area contributed by atoms with Crippen LogP contribution in [0.15, 0.2) is 42.6 Å². The van der Waals surface area contributed by atoms with Gasteiger partial charge < -0.3 is 25.6 Å². The van der Waals surface area contributed by atoms with Crippen LogP contribution in [0.5, 0.6) is 0 Å². The van der Waals surface area contributed by atoms with Gasteiger partial charge in [0, 0.05) is 30.2 Å². The van der Waals surface area contributed by atoms with Gasteiger partial charge in [-0.1, -0.05) is 26.8 Å². The Labute approximate surface area is 209 Å². The summed E-state index contributed by atoms with van der Waals surface area (Å²) in [6.45, 7) is 8.62. The van der Waals surface area contributed by atoms with Crippen molar-refractivity contribution >= 4 is 40.9 Å². The van der Waals surface area contributed by atoms with Crippen LogP contribution in [0, 0.1) is 11.6 Å². The van der Waals surface area contributed by atoms with Crippen molar-refractivity contribution in [1.29, 1.82) is 0 Å². The van der Waals surface area contributed by atoms with E-state index in [0.29, 0.717) is 55.5 Å². The quantitative estimate of drug-likeness (QED) is 0.345. The van der Waals surface area contributed by atoms with Gasteiger partial charge in [-0.3, -0.25) is 4.79 Å². The predicted octanol–water partition coefficient (Wildman–Crippen LogP) is 5.33. The number of hydrogen-bond acceptors (Lipinski definition) is 7. The minimum Gasteiger partial charge on any atom is -0.378 e. The lowest BCUT2D eigenvalue weighted by atomic mass is 9.81. The van der Waals surface area contributed by atoms with Crippen LogP contribution in [-0.2, 0) is 14.9 Å². The first-order chi connectivity index (χ1) is 17.3. The summed E-state index contributed by atoms with van der Waals surface area (Å²) >= 11 is 0. The van der Waals surface area contributed by atoms with Gasteiger partial charge in [0.1, 0.15) is 5.82 Å². The second-order valence-electron chi connectivity index (χ2n) is 9.17. The number of nitrogens with zero attached hydrogens (tertiary/aromatic N) is 3. The first kappa shape index (κ1) is 25.3. The molecule has 0 spiro atoms. The minimum atomic E-state index is -0.655. The predicted molar refractivity (Wildman–Crippen MR) is 137 cm³/mol. The molecule has 3 aromatic rings. The molecule has 0 bridgehead atoms. The van der Waals surface area contributed by atoms with Crippen molar-refractivity contribution in [2.75, 3.05) is 47.2 Å². The molecule has 0 unspecified atom stereocenters. The molecule has 190 valence electrons. The molecule has 1 aliphatic rings. The fourth-order valence-corrected chi connectivity index (χ4v) is 4.01. The van der Waals surface area contributed by atoms with E-state index in [1.165, 1.54) is 6.07 Å². The Morgan fingerprint density at radius 2 is 1.78 bits per heavy atom. The van der Waals surface area contributed by atoms with Crippen LogP contribution >= 0.6 is 0 Å². The maximum atomic E-state index is 14.7. The van der Waals surface area contributed by atoms with Crippen LogP contribution in [0.2, 0.25) is 0 Å². The molecule has 4 rings (SSSR count). The Balaban J connectivity index is 1.53. The van der Waals surface area contributed by atoms with Crippen molar-refractivity contribution in [2.24, 2.45) is 0 Å². The lowest BCUT2D eigenvalue weighted by Crippen LogP contribution is -2.36. The zero-order chi connectivity index (χ0) is 25.7. The van der Waals surface area contributed by atoms with Crippen molar-refractivity contribution in [2.45, 2.75) is 32.6 Å². The van der Waals surface area contributed by atoms with Gasteiger partial charge in [0.15, 0.2) is 11.6 Å². The van der Waals surface area contributed by atoms with Crippen molar-refractivity contribution < 1.29 is 18.3 Å². The number of rotatable bonds is 9. The van der Waals surface area contributed by atoms with E-state index in [1.54, 1.807) is 24.3 Å². The van der Waals surface area contributed by atoms with E-state index in [4.69, 9.17) is 4.74 Å². The number of halogens is 2. The molecule has 8 nitrogen and oxygen atoms in total. The lowest BCUT2D eigenvalue weighted by molar-refractivity contribution is -0.105. The summed E-state index contributed by atoms with van der Waals surface area (Å²) < 4.78 is 34.6. The Morgan fingerprint density at radius 1 is 1.06 bits per heavy atom. The first-order valence-corrected chi connectivity index (χ1v) is 11.8. The fourth-order valence-electron chi connectivity index (χ4n) is 4.01. The molecule has 10 heteroatoms. The van der Waals surface area contributed by atoms with Gasteiger partial charge >= 0.3 is 0 Å². The molecule has 0 radical (unpaired) electrons. The number of anilines is 6. The zero-order valence-corrected chi connectivity index (χ0v) is 20.6. The van der Waals surface area contributed by atoms with Crippen molar-refractivity contribution in [1.82, 2.24) is 9.97 Å². The number of carbonyl (C=O) groups is 1. The maximum Gasteiger partial charge on any atom is 0.229 e. The largest absolute Gasteiger partial charge is 0.378 e. The number of nitrogens with one attached hydrogen (secondary N) is 3. The average molecular weight is 497 g/mol. The number of benzene rings is 2. The zero-order valence-electron chi connectivity index (χ0n) is 20.6. The summed E-state index contributed by atoms with van der Waals surface area (Å²) in [5.41, 5.74) is 2.92. The second kappa shape index (κ2) is 10.9. The summed E-state index contributed by atoms with van der Waals surface area (Å²) in [5, 5.41) is 8.60. The summed E-state index contributed by atoms with van der Waals surface area (Å²) in [6, 6.07) is 10.2. The number of morpholine rings is 1. The molecule has 2 aromatic carbocycles. The topological polar surface area (TPSA) is 91.4 Å². The first-order valence-electron chi connectivity index (χ1n) is 11.8. The molecule has 0 saturated carbocycles. The molecule has 1 saturated heterocycles. The van der Waals surface area contributed by atoms with Crippen LogP contribution in [0.25, 0.3) is 0 Å². The van der Waals surface area contributed by atoms with E-state index >= 15 is 0 Å².